The maximum atomic E-state index is 12.1. The van der Waals surface area contributed by atoms with Crippen molar-refractivity contribution < 1.29 is 19.1 Å². The number of hydrogen-bond donors (Lipinski definition) is 3. The summed E-state index contributed by atoms with van der Waals surface area (Å²) in [5, 5.41) is 2.80. The van der Waals surface area contributed by atoms with Gasteiger partial charge in [0.15, 0.2) is 0 Å². The molecule has 0 aromatic heterocycles. The van der Waals surface area contributed by atoms with Crippen molar-refractivity contribution in [3.63, 3.8) is 0 Å². The first-order chi connectivity index (χ1) is 13.9. The van der Waals surface area contributed by atoms with Crippen LogP contribution in [0.1, 0.15) is 47.7 Å². The maximum absolute atomic E-state index is 12.1. The molecular weight excluding hydrogens is 370 g/mol. The Hall–Kier alpha value is -3.35. The summed E-state index contributed by atoms with van der Waals surface area (Å²) >= 11 is 0. The van der Waals surface area contributed by atoms with Gasteiger partial charge in [0.1, 0.15) is 5.75 Å². The number of carbonyl (C=O) groups excluding carboxylic acids is 3. The predicted molar refractivity (Wildman–Crippen MR) is 112 cm³/mol. The lowest BCUT2D eigenvalue weighted by Gasteiger charge is -2.10. The van der Waals surface area contributed by atoms with Crippen LogP contribution in [0, 0.1) is 13.8 Å². The number of ether oxygens (including phenoxy) is 1. The van der Waals surface area contributed by atoms with Gasteiger partial charge in [-0.15, -0.1) is 0 Å². The van der Waals surface area contributed by atoms with E-state index in [2.05, 4.69) is 16.2 Å². The molecule has 3 amide bonds. The lowest BCUT2D eigenvalue weighted by Crippen LogP contribution is -2.41. The molecular formula is C22H27N3O4. The SMILES string of the molecule is CCCOc1ccc(C(=O)NNC(=O)CCC(=O)Nc2cc(C)ccc2C)cc1. The van der Waals surface area contributed by atoms with Gasteiger partial charge < -0.3 is 10.1 Å². The van der Waals surface area contributed by atoms with Crippen molar-refractivity contribution in [2.24, 2.45) is 0 Å². The predicted octanol–water partition coefficient (Wildman–Crippen LogP) is 3.27. The molecule has 7 nitrogen and oxygen atoms in total. The first kappa shape index (κ1) is 21.9. The van der Waals surface area contributed by atoms with E-state index in [1.807, 2.05) is 39.0 Å². The molecule has 2 aromatic carbocycles. The third-order valence-corrected chi connectivity index (χ3v) is 4.15. The van der Waals surface area contributed by atoms with E-state index < -0.39 is 11.8 Å². The van der Waals surface area contributed by atoms with E-state index in [0.717, 1.165) is 23.2 Å². The number of hydrazine groups is 1. The van der Waals surface area contributed by atoms with Crippen molar-refractivity contribution in [1.29, 1.82) is 0 Å². The lowest BCUT2D eigenvalue weighted by atomic mass is 10.1. The number of nitrogens with one attached hydrogen (secondary N) is 3. The molecule has 0 aliphatic heterocycles. The Morgan fingerprint density at radius 2 is 1.59 bits per heavy atom. The zero-order chi connectivity index (χ0) is 21.2. The molecule has 0 bridgehead atoms. The molecule has 0 heterocycles. The Bertz CT molecular complexity index is 863. The smallest absolute Gasteiger partial charge is 0.269 e. The Morgan fingerprint density at radius 1 is 0.897 bits per heavy atom. The monoisotopic (exact) mass is 397 g/mol. The van der Waals surface area contributed by atoms with Crippen LogP contribution in [0.25, 0.3) is 0 Å². The molecule has 0 saturated carbocycles. The van der Waals surface area contributed by atoms with Crippen molar-refractivity contribution in [2.75, 3.05) is 11.9 Å². The number of benzene rings is 2. The van der Waals surface area contributed by atoms with Gasteiger partial charge in [-0.2, -0.15) is 0 Å². The molecule has 154 valence electrons. The number of anilines is 1. The Morgan fingerprint density at radius 3 is 2.28 bits per heavy atom. The van der Waals surface area contributed by atoms with E-state index in [4.69, 9.17) is 4.74 Å². The summed E-state index contributed by atoms with van der Waals surface area (Å²) in [6.45, 7) is 6.47. The van der Waals surface area contributed by atoms with Crippen LogP contribution in [0.15, 0.2) is 42.5 Å². The summed E-state index contributed by atoms with van der Waals surface area (Å²) < 4.78 is 5.46. The fraction of sp³-hybridized carbons (Fsp3) is 0.318. The average molecular weight is 397 g/mol. The first-order valence-corrected chi connectivity index (χ1v) is 9.58. The standard InChI is InChI=1S/C22H27N3O4/c1-4-13-29-18-9-7-17(8-10-18)22(28)25-24-21(27)12-11-20(26)23-19-14-15(2)5-6-16(19)3/h5-10,14H,4,11-13H2,1-3H3,(H,23,26)(H,24,27)(H,25,28). The third kappa shape index (κ3) is 7.29. The van der Waals surface area contributed by atoms with Gasteiger partial charge in [-0.3, -0.25) is 25.2 Å². The second-order valence-corrected chi connectivity index (χ2v) is 6.74. The van der Waals surface area contributed by atoms with Crippen LogP contribution >= 0.6 is 0 Å². The van der Waals surface area contributed by atoms with E-state index in [0.29, 0.717) is 17.9 Å². The highest BCUT2D eigenvalue weighted by Gasteiger charge is 2.11. The van der Waals surface area contributed by atoms with E-state index in [1.165, 1.54) is 0 Å². The number of hydrogen-bond acceptors (Lipinski definition) is 4. The summed E-state index contributed by atoms with van der Waals surface area (Å²) in [7, 11) is 0. The number of rotatable bonds is 8. The average Bonchev–Trinajstić information content (AvgIpc) is 2.72. The Kier molecular flexibility index (Phi) is 8.21. The molecule has 2 aromatic rings. The van der Waals surface area contributed by atoms with Crippen LogP contribution < -0.4 is 20.9 Å². The molecule has 0 saturated heterocycles. The summed E-state index contributed by atoms with van der Waals surface area (Å²) in [6, 6.07) is 12.4. The van der Waals surface area contributed by atoms with E-state index >= 15 is 0 Å². The topological polar surface area (TPSA) is 96.5 Å². The Balaban J connectivity index is 1.74. The molecule has 0 unspecified atom stereocenters. The van der Waals surface area contributed by atoms with Crippen molar-refractivity contribution in [3.05, 3.63) is 59.2 Å². The van der Waals surface area contributed by atoms with Gasteiger partial charge >= 0.3 is 0 Å². The zero-order valence-corrected chi connectivity index (χ0v) is 17.0. The summed E-state index contributed by atoms with van der Waals surface area (Å²) in [5.41, 5.74) is 7.77. The minimum Gasteiger partial charge on any atom is -0.494 e. The maximum Gasteiger partial charge on any atom is 0.269 e. The van der Waals surface area contributed by atoms with Crippen LogP contribution in [0.5, 0.6) is 5.75 Å². The van der Waals surface area contributed by atoms with E-state index in [-0.39, 0.29) is 18.7 Å². The second-order valence-electron chi connectivity index (χ2n) is 6.74. The molecule has 0 aliphatic rings. The number of aryl methyl sites for hydroxylation is 2. The van der Waals surface area contributed by atoms with Crippen LogP contribution in [-0.2, 0) is 9.59 Å². The summed E-state index contributed by atoms with van der Waals surface area (Å²) in [4.78, 5) is 36.0. The second kappa shape index (κ2) is 10.8. The van der Waals surface area contributed by atoms with Gasteiger partial charge in [-0.1, -0.05) is 19.1 Å². The summed E-state index contributed by atoms with van der Waals surface area (Å²) in [5.74, 6) is -0.470. The van der Waals surface area contributed by atoms with E-state index in [1.54, 1.807) is 24.3 Å². The minimum atomic E-state index is -0.447. The summed E-state index contributed by atoms with van der Waals surface area (Å²) in [6.07, 6.45) is 0.871. The highest BCUT2D eigenvalue weighted by Crippen LogP contribution is 2.16. The van der Waals surface area contributed by atoms with Crippen LogP contribution in [-0.4, -0.2) is 24.3 Å². The normalized spacial score (nSPS) is 10.2. The molecule has 0 radical (unpaired) electrons. The fourth-order valence-electron chi connectivity index (χ4n) is 2.49. The van der Waals surface area contributed by atoms with Crippen molar-refractivity contribution in [3.8, 4) is 5.75 Å². The van der Waals surface area contributed by atoms with Gasteiger partial charge in [0.25, 0.3) is 5.91 Å². The van der Waals surface area contributed by atoms with Crippen molar-refractivity contribution >= 4 is 23.4 Å². The molecule has 2 rings (SSSR count). The van der Waals surface area contributed by atoms with Gasteiger partial charge in [0, 0.05) is 24.1 Å². The fourth-order valence-corrected chi connectivity index (χ4v) is 2.49. The van der Waals surface area contributed by atoms with Gasteiger partial charge in [-0.05, 0) is 61.7 Å². The van der Waals surface area contributed by atoms with E-state index in [9.17, 15) is 14.4 Å². The van der Waals surface area contributed by atoms with Crippen LogP contribution in [0.2, 0.25) is 0 Å². The van der Waals surface area contributed by atoms with Crippen LogP contribution in [0.3, 0.4) is 0 Å². The van der Waals surface area contributed by atoms with Gasteiger partial charge in [0.05, 0.1) is 6.61 Å². The Labute approximate surface area is 170 Å². The molecule has 3 N–H and O–H groups in total. The molecule has 0 spiro atoms. The molecule has 29 heavy (non-hydrogen) atoms. The molecule has 0 aliphatic carbocycles. The third-order valence-electron chi connectivity index (χ3n) is 4.15. The number of amides is 3. The molecule has 0 fully saturated rings. The lowest BCUT2D eigenvalue weighted by molar-refractivity contribution is -0.124. The largest absolute Gasteiger partial charge is 0.494 e. The molecule has 7 heteroatoms. The quantitative estimate of drug-likeness (QED) is 0.596. The van der Waals surface area contributed by atoms with Gasteiger partial charge in [-0.25, -0.2) is 0 Å². The minimum absolute atomic E-state index is 0.0125. The first-order valence-electron chi connectivity index (χ1n) is 9.58. The molecule has 0 atom stereocenters. The zero-order valence-electron chi connectivity index (χ0n) is 17.0. The number of carbonyl (C=O) groups is 3. The van der Waals surface area contributed by atoms with Gasteiger partial charge in [0.2, 0.25) is 11.8 Å². The highest BCUT2D eigenvalue weighted by molar-refractivity contribution is 5.96. The highest BCUT2D eigenvalue weighted by atomic mass is 16.5. The van der Waals surface area contributed by atoms with Crippen molar-refractivity contribution in [1.82, 2.24) is 10.9 Å². The van der Waals surface area contributed by atoms with Crippen molar-refractivity contribution in [2.45, 2.75) is 40.0 Å². The van der Waals surface area contributed by atoms with Crippen LogP contribution in [0.4, 0.5) is 5.69 Å².